The van der Waals surface area contributed by atoms with Gasteiger partial charge < -0.3 is 4.74 Å². The molecule has 0 fully saturated rings. The molecule has 1 heterocycles. The van der Waals surface area contributed by atoms with Crippen LogP contribution in [0.2, 0.25) is 0 Å². The lowest BCUT2D eigenvalue weighted by Crippen LogP contribution is -2.00. The maximum Gasteiger partial charge on any atom is 0.159 e. The van der Waals surface area contributed by atoms with Crippen LogP contribution >= 0.6 is 0 Å². The third kappa shape index (κ3) is 2.17. The zero-order chi connectivity index (χ0) is 11.5. The van der Waals surface area contributed by atoms with E-state index in [9.17, 15) is 4.79 Å². The van der Waals surface area contributed by atoms with Crippen LogP contribution < -0.4 is 0 Å². The first-order chi connectivity index (χ1) is 7.72. The SMILES string of the molecule is CCCCc1cc(C(C)=O)cc2c1COC2. The van der Waals surface area contributed by atoms with Crippen LogP contribution in [0.15, 0.2) is 12.1 Å². The van der Waals surface area contributed by atoms with Crippen LogP contribution in [0.5, 0.6) is 0 Å². The highest BCUT2D eigenvalue weighted by Crippen LogP contribution is 2.26. The van der Waals surface area contributed by atoms with Crippen LogP contribution in [-0.4, -0.2) is 5.78 Å². The third-order valence-electron chi connectivity index (χ3n) is 3.14. The lowest BCUT2D eigenvalue weighted by atomic mass is 9.95. The second kappa shape index (κ2) is 4.79. The maximum atomic E-state index is 11.4. The van der Waals surface area contributed by atoms with Crippen molar-refractivity contribution in [2.24, 2.45) is 0 Å². The van der Waals surface area contributed by atoms with Crippen molar-refractivity contribution in [3.8, 4) is 0 Å². The second-order valence-corrected chi connectivity index (χ2v) is 4.43. The molecule has 0 bridgehead atoms. The van der Waals surface area contributed by atoms with E-state index in [2.05, 4.69) is 6.92 Å². The Morgan fingerprint density at radius 3 is 2.88 bits per heavy atom. The molecule has 1 aromatic rings. The molecule has 86 valence electrons. The molecule has 0 saturated heterocycles. The van der Waals surface area contributed by atoms with Gasteiger partial charge in [-0.2, -0.15) is 0 Å². The molecule has 16 heavy (non-hydrogen) atoms. The molecule has 1 aliphatic heterocycles. The van der Waals surface area contributed by atoms with Gasteiger partial charge >= 0.3 is 0 Å². The van der Waals surface area contributed by atoms with Gasteiger partial charge in [-0.15, -0.1) is 0 Å². The van der Waals surface area contributed by atoms with Gasteiger partial charge in [0.2, 0.25) is 0 Å². The molecule has 0 aliphatic carbocycles. The second-order valence-electron chi connectivity index (χ2n) is 4.43. The van der Waals surface area contributed by atoms with Crippen molar-refractivity contribution in [1.82, 2.24) is 0 Å². The zero-order valence-electron chi connectivity index (χ0n) is 10.0. The van der Waals surface area contributed by atoms with Gasteiger partial charge in [-0.1, -0.05) is 13.3 Å². The molecule has 2 rings (SSSR count). The van der Waals surface area contributed by atoms with Crippen molar-refractivity contribution >= 4 is 5.78 Å². The van der Waals surface area contributed by atoms with Crippen molar-refractivity contribution in [3.63, 3.8) is 0 Å². The Balaban J connectivity index is 2.37. The summed E-state index contributed by atoms with van der Waals surface area (Å²) in [5.74, 6) is 0.146. The van der Waals surface area contributed by atoms with Gasteiger partial charge in [0.15, 0.2) is 5.78 Å². The molecule has 0 radical (unpaired) electrons. The molecule has 2 heteroatoms. The number of carbonyl (C=O) groups is 1. The van der Waals surface area contributed by atoms with E-state index in [-0.39, 0.29) is 5.78 Å². The molecular formula is C14H18O2. The molecule has 0 N–H and O–H groups in total. The van der Waals surface area contributed by atoms with Gasteiger partial charge in [0.1, 0.15) is 0 Å². The normalized spacial score (nSPS) is 13.9. The number of rotatable bonds is 4. The quantitative estimate of drug-likeness (QED) is 0.725. The van der Waals surface area contributed by atoms with Gasteiger partial charge in [-0.05, 0) is 48.6 Å². The molecule has 0 atom stereocenters. The smallest absolute Gasteiger partial charge is 0.159 e. The van der Waals surface area contributed by atoms with Gasteiger partial charge in [0.05, 0.1) is 13.2 Å². The minimum absolute atomic E-state index is 0.146. The van der Waals surface area contributed by atoms with E-state index < -0.39 is 0 Å². The topological polar surface area (TPSA) is 26.3 Å². The highest BCUT2D eigenvalue weighted by molar-refractivity contribution is 5.94. The summed E-state index contributed by atoms with van der Waals surface area (Å²) < 4.78 is 5.46. The maximum absolute atomic E-state index is 11.4. The fraction of sp³-hybridized carbons (Fsp3) is 0.500. The number of benzene rings is 1. The third-order valence-corrected chi connectivity index (χ3v) is 3.14. The highest BCUT2D eigenvalue weighted by Gasteiger charge is 2.17. The van der Waals surface area contributed by atoms with Gasteiger partial charge in [0, 0.05) is 5.56 Å². The van der Waals surface area contributed by atoms with E-state index in [1.165, 1.54) is 29.5 Å². The largest absolute Gasteiger partial charge is 0.372 e. The van der Waals surface area contributed by atoms with E-state index in [0.29, 0.717) is 13.2 Å². The van der Waals surface area contributed by atoms with Gasteiger partial charge in [0.25, 0.3) is 0 Å². The molecule has 2 nitrogen and oxygen atoms in total. The molecule has 0 saturated carbocycles. The summed E-state index contributed by atoms with van der Waals surface area (Å²) in [6.45, 7) is 5.19. The van der Waals surface area contributed by atoms with Crippen LogP contribution in [0.25, 0.3) is 0 Å². The highest BCUT2D eigenvalue weighted by atomic mass is 16.5. The number of ketones is 1. The fourth-order valence-corrected chi connectivity index (χ4v) is 2.17. The molecule has 0 amide bonds. The van der Waals surface area contributed by atoms with E-state index in [1.807, 2.05) is 12.1 Å². The number of unbranched alkanes of at least 4 members (excludes halogenated alkanes) is 1. The summed E-state index contributed by atoms with van der Waals surface area (Å²) >= 11 is 0. The molecule has 0 aromatic heterocycles. The molecule has 1 aromatic carbocycles. The summed E-state index contributed by atoms with van der Waals surface area (Å²) in [5.41, 5.74) is 4.66. The first-order valence-electron chi connectivity index (χ1n) is 5.95. The Kier molecular flexibility index (Phi) is 3.39. The Morgan fingerprint density at radius 1 is 1.38 bits per heavy atom. The summed E-state index contributed by atoms with van der Waals surface area (Å²) in [6.07, 6.45) is 3.41. The van der Waals surface area contributed by atoms with E-state index in [1.54, 1.807) is 6.92 Å². The fourth-order valence-electron chi connectivity index (χ4n) is 2.17. The van der Waals surface area contributed by atoms with Crippen molar-refractivity contribution in [2.75, 3.05) is 0 Å². The first-order valence-corrected chi connectivity index (χ1v) is 5.95. The predicted octanol–water partition coefficient (Wildman–Crippen LogP) is 3.26. The van der Waals surface area contributed by atoms with Crippen molar-refractivity contribution in [1.29, 1.82) is 0 Å². The molecule has 0 spiro atoms. The Hall–Kier alpha value is -1.15. The first kappa shape index (κ1) is 11.3. The van der Waals surface area contributed by atoms with Crippen LogP contribution in [0.1, 0.15) is 53.7 Å². The summed E-state index contributed by atoms with van der Waals surface area (Å²) in [5, 5.41) is 0. The van der Waals surface area contributed by atoms with Crippen molar-refractivity contribution in [2.45, 2.75) is 46.3 Å². The van der Waals surface area contributed by atoms with Crippen molar-refractivity contribution < 1.29 is 9.53 Å². The zero-order valence-corrected chi connectivity index (χ0v) is 10.0. The number of hydrogen-bond acceptors (Lipinski definition) is 2. The molecule has 1 aliphatic rings. The number of fused-ring (bicyclic) bond motifs is 1. The summed E-state index contributed by atoms with van der Waals surface area (Å²) in [4.78, 5) is 11.4. The van der Waals surface area contributed by atoms with Crippen LogP contribution in [0, 0.1) is 0 Å². The van der Waals surface area contributed by atoms with Gasteiger partial charge in [-0.3, -0.25) is 4.79 Å². The predicted molar refractivity (Wildman–Crippen MR) is 63.6 cm³/mol. The van der Waals surface area contributed by atoms with Crippen molar-refractivity contribution in [3.05, 3.63) is 34.4 Å². The Morgan fingerprint density at radius 2 is 2.19 bits per heavy atom. The standard InChI is InChI=1S/C14H18O2/c1-3-4-5-11-6-12(10(2)15)7-13-8-16-9-14(11)13/h6-7H,3-5,8-9H2,1-2H3. The molecule has 0 unspecified atom stereocenters. The molecular weight excluding hydrogens is 200 g/mol. The summed E-state index contributed by atoms with van der Waals surface area (Å²) in [7, 11) is 0. The van der Waals surface area contributed by atoms with Gasteiger partial charge in [-0.25, -0.2) is 0 Å². The number of hydrogen-bond donors (Lipinski definition) is 0. The lowest BCUT2D eigenvalue weighted by molar-refractivity contribution is 0.101. The number of ether oxygens (including phenoxy) is 1. The minimum atomic E-state index is 0.146. The monoisotopic (exact) mass is 218 g/mol. The van der Waals surface area contributed by atoms with Crippen LogP contribution in [0.3, 0.4) is 0 Å². The Labute approximate surface area is 96.6 Å². The number of aryl methyl sites for hydroxylation is 1. The van der Waals surface area contributed by atoms with E-state index in [0.717, 1.165) is 12.0 Å². The number of carbonyl (C=O) groups excluding carboxylic acids is 1. The lowest BCUT2D eigenvalue weighted by Gasteiger charge is -2.09. The van der Waals surface area contributed by atoms with Crippen LogP contribution in [0.4, 0.5) is 0 Å². The van der Waals surface area contributed by atoms with E-state index in [4.69, 9.17) is 4.74 Å². The van der Waals surface area contributed by atoms with Crippen LogP contribution in [-0.2, 0) is 24.4 Å². The van der Waals surface area contributed by atoms with E-state index >= 15 is 0 Å². The average Bonchev–Trinajstić information content (AvgIpc) is 2.73. The minimum Gasteiger partial charge on any atom is -0.372 e. The number of Topliss-reactive ketones (excluding diaryl/α,β-unsaturated/α-hetero) is 1. The summed E-state index contributed by atoms with van der Waals surface area (Å²) in [6, 6.07) is 4.03. The Bertz CT molecular complexity index is 407. The average molecular weight is 218 g/mol.